The van der Waals surface area contributed by atoms with Gasteiger partial charge >= 0.3 is 0 Å². The summed E-state index contributed by atoms with van der Waals surface area (Å²) in [7, 11) is 0. The van der Waals surface area contributed by atoms with Crippen molar-refractivity contribution in [2.24, 2.45) is 0 Å². The van der Waals surface area contributed by atoms with E-state index < -0.39 is 0 Å². The van der Waals surface area contributed by atoms with Crippen molar-refractivity contribution in [3.63, 3.8) is 0 Å². The zero-order valence-electron chi connectivity index (χ0n) is 7.35. The normalized spacial score (nSPS) is 9.93. The Morgan fingerprint density at radius 2 is 2.13 bits per heavy atom. The summed E-state index contributed by atoms with van der Waals surface area (Å²) in [5.74, 6) is 0. The van der Waals surface area contributed by atoms with Crippen molar-refractivity contribution in [1.82, 2.24) is 15.0 Å². The molecule has 0 amide bonds. The van der Waals surface area contributed by atoms with Crippen molar-refractivity contribution < 1.29 is 0 Å². The average molecular weight is 239 g/mol. The standard InChI is InChI=1S/C9H4Cl2N4/c10-7-1-2-8(6(3-7)4-12)15-5-9(11)13-14-15/h1-3,5H. The monoisotopic (exact) mass is 238 g/mol. The lowest BCUT2D eigenvalue weighted by atomic mass is 10.2. The lowest BCUT2D eigenvalue weighted by Gasteiger charge is -2.02. The van der Waals surface area contributed by atoms with Gasteiger partial charge in [-0.05, 0) is 18.2 Å². The van der Waals surface area contributed by atoms with Crippen LogP contribution in [0.4, 0.5) is 0 Å². The highest BCUT2D eigenvalue weighted by atomic mass is 35.5. The second-order valence-corrected chi connectivity index (χ2v) is 3.58. The van der Waals surface area contributed by atoms with Crippen molar-refractivity contribution in [3.8, 4) is 11.8 Å². The zero-order valence-corrected chi connectivity index (χ0v) is 8.87. The Kier molecular flexibility index (Phi) is 2.58. The van der Waals surface area contributed by atoms with Crippen LogP contribution in [-0.2, 0) is 0 Å². The van der Waals surface area contributed by atoms with Crippen LogP contribution in [0.3, 0.4) is 0 Å². The van der Waals surface area contributed by atoms with Crippen molar-refractivity contribution >= 4 is 23.2 Å². The molecule has 4 nitrogen and oxygen atoms in total. The van der Waals surface area contributed by atoms with E-state index in [-0.39, 0.29) is 5.15 Å². The summed E-state index contributed by atoms with van der Waals surface area (Å²) >= 11 is 11.4. The Labute approximate surface area is 95.6 Å². The summed E-state index contributed by atoms with van der Waals surface area (Å²) in [5.41, 5.74) is 1.02. The first-order valence-electron chi connectivity index (χ1n) is 3.98. The van der Waals surface area contributed by atoms with Crippen LogP contribution in [0.2, 0.25) is 10.2 Å². The molecule has 1 aromatic carbocycles. The topological polar surface area (TPSA) is 54.5 Å². The van der Waals surface area contributed by atoms with Gasteiger partial charge in [0.1, 0.15) is 6.07 Å². The highest BCUT2D eigenvalue weighted by molar-refractivity contribution is 6.30. The SMILES string of the molecule is N#Cc1cc(Cl)ccc1-n1cc(Cl)nn1. The van der Waals surface area contributed by atoms with Gasteiger partial charge in [0, 0.05) is 5.02 Å². The number of rotatable bonds is 1. The van der Waals surface area contributed by atoms with Crippen molar-refractivity contribution in [1.29, 1.82) is 5.26 Å². The largest absolute Gasteiger partial charge is 0.218 e. The van der Waals surface area contributed by atoms with Gasteiger partial charge in [0.25, 0.3) is 0 Å². The molecule has 2 aromatic rings. The highest BCUT2D eigenvalue weighted by Gasteiger charge is 2.07. The van der Waals surface area contributed by atoms with Crippen LogP contribution in [-0.4, -0.2) is 15.0 Å². The minimum atomic E-state index is 0.272. The van der Waals surface area contributed by atoms with E-state index in [1.165, 1.54) is 10.9 Å². The molecule has 74 valence electrons. The fourth-order valence-electron chi connectivity index (χ4n) is 1.16. The molecule has 0 bridgehead atoms. The fourth-order valence-corrected chi connectivity index (χ4v) is 1.46. The van der Waals surface area contributed by atoms with E-state index in [4.69, 9.17) is 28.5 Å². The summed E-state index contributed by atoms with van der Waals surface area (Å²) in [4.78, 5) is 0. The van der Waals surface area contributed by atoms with Crippen LogP contribution in [0.1, 0.15) is 5.56 Å². The third kappa shape index (κ3) is 1.94. The number of halogens is 2. The van der Waals surface area contributed by atoms with Gasteiger partial charge in [-0.2, -0.15) is 5.26 Å². The van der Waals surface area contributed by atoms with Crippen LogP contribution in [0, 0.1) is 11.3 Å². The molecule has 0 spiro atoms. The molecule has 0 fully saturated rings. The summed E-state index contributed by atoms with van der Waals surface area (Å²) in [6, 6.07) is 6.95. The van der Waals surface area contributed by atoms with E-state index in [1.807, 2.05) is 6.07 Å². The number of aromatic nitrogens is 3. The predicted molar refractivity (Wildman–Crippen MR) is 56.1 cm³/mol. The number of benzene rings is 1. The first kappa shape index (κ1) is 9.97. The van der Waals surface area contributed by atoms with Gasteiger partial charge in [0.05, 0.1) is 17.4 Å². The summed E-state index contributed by atoms with van der Waals surface area (Å²) in [6.07, 6.45) is 1.52. The molecule has 2 rings (SSSR count). The van der Waals surface area contributed by atoms with Crippen LogP contribution in [0.25, 0.3) is 5.69 Å². The van der Waals surface area contributed by atoms with Crippen molar-refractivity contribution in [2.75, 3.05) is 0 Å². The molecule has 0 N–H and O–H groups in total. The molecule has 0 aliphatic heterocycles. The molecule has 0 saturated carbocycles. The Morgan fingerprint density at radius 1 is 1.33 bits per heavy atom. The van der Waals surface area contributed by atoms with Crippen LogP contribution < -0.4 is 0 Å². The van der Waals surface area contributed by atoms with E-state index in [2.05, 4.69) is 10.3 Å². The maximum atomic E-state index is 8.91. The van der Waals surface area contributed by atoms with E-state index in [9.17, 15) is 0 Å². The van der Waals surface area contributed by atoms with E-state index in [0.717, 1.165) is 0 Å². The average Bonchev–Trinajstić information content (AvgIpc) is 2.64. The van der Waals surface area contributed by atoms with Crippen LogP contribution >= 0.6 is 23.2 Å². The molecule has 15 heavy (non-hydrogen) atoms. The summed E-state index contributed by atoms with van der Waals surface area (Å²) < 4.78 is 1.43. The van der Waals surface area contributed by atoms with Gasteiger partial charge < -0.3 is 0 Å². The molecule has 0 saturated heterocycles. The first-order valence-corrected chi connectivity index (χ1v) is 4.74. The van der Waals surface area contributed by atoms with Gasteiger partial charge in [-0.3, -0.25) is 0 Å². The molecular formula is C9H4Cl2N4. The molecule has 0 aliphatic rings. The molecule has 1 aromatic heterocycles. The van der Waals surface area contributed by atoms with Gasteiger partial charge in [0.15, 0.2) is 5.15 Å². The molecule has 0 radical (unpaired) electrons. The zero-order chi connectivity index (χ0) is 10.8. The minimum absolute atomic E-state index is 0.272. The lowest BCUT2D eigenvalue weighted by molar-refractivity contribution is 0.801. The number of nitriles is 1. The molecule has 0 atom stereocenters. The maximum Gasteiger partial charge on any atom is 0.171 e. The first-order chi connectivity index (χ1) is 7.20. The maximum absolute atomic E-state index is 8.91. The number of nitrogens with zero attached hydrogens (tertiary/aromatic N) is 4. The Morgan fingerprint density at radius 3 is 2.73 bits per heavy atom. The fraction of sp³-hybridized carbons (Fsp3) is 0. The minimum Gasteiger partial charge on any atom is -0.218 e. The molecule has 6 heteroatoms. The molecule has 1 heterocycles. The van der Waals surface area contributed by atoms with E-state index in [1.54, 1.807) is 18.2 Å². The predicted octanol–water partition coefficient (Wildman–Crippen LogP) is 2.45. The summed E-state index contributed by atoms with van der Waals surface area (Å²) in [5, 5.41) is 17.1. The van der Waals surface area contributed by atoms with Crippen LogP contribution in [0.15, 0.2) is 24.4 Å². The van der Waals surface area contributed by atoms with E-state index in [0.29, 0.717) is 16.3 Å². The van der Waals surface area contributed by atoms with Crippen molar-refractivity contribution in [3.05, 3.63) is 40.1 Å². The number of hydrogen-bond acceptors (Lipinski definition) is 3. The van der Waals surface area contributed by atoms with E-state index >= 15 is 0 Å². The second kappa shape index (κ2) is 3.89. The summed E-state index contributed by atoms with van der Waals surface area (Å²) in [6.45, 7) is 0. The molecular weight excluding hydrogens is 235 g/mol. The highest BCUT2D eigenvalue weighted by Crippen LogP contribution is 2.19. The van der Waals surface area contributed by atoms with Gasteiger partial charge in [-0.1, -0.05) is 28.4 Å². The Hall–Kier alpha value is -1.57. The van der Waals surface area contributed by atoms with Crippen molar-refractivity contribution in [2.45, 2.75) is 0 Å². The molecule has 0 unspecified atom stereocenters. The lowest BCUT2D eigenvalue weighted by Crippen LogP contribution is -1.98. The Bertz CT molecular complexity index is 541. The van der Waals surface area contributed by atoms with Crippen LogP contribution in [0.5, 0.6) is 0 Å². The molecule has 0 aliphatic carbocycles. The second-order valence-electron chi connectivity index (χ2n) is 2.76. The third-order valence-corrected chi connectivity index (χ3v) is 2.20. The third-order valence-electron chi connectivity index (χ3n) is 1.79. The number of hydrogen-bond donors (Lipinski definition) is 0. The van der Waals surface area contributed by atoms with Gasteiger partial charge in [-0.25, -0.2) is 4.68 Å². The Balaban J connectivity index is 2.58. The van der Waals surface area contributed by atoms with Gasteiger partial charge in [-0.15, -0.1) is 5.10 Å². The smallest absolute Gasteiger partial charge is 0.171 e. The van der Waals surface area contributed by atoms with Gasteiger partial charge in [0.2, 0.25) is 0 Å². The quantitative estimate of drug-likeness (QED) is 0.767.